The minimum absolute atomic E-state index is 0. The maximum atomic E-state index is 9.64. The molecule has 0 aromatic carbocycles. The second kappa shape index (κ2) is 15.9. The van der Waals surface area contributed by atoms with Crippen molar-refractivity contribution in [1.82, 2.24) is 0 Å². The van der Waals surface area contributed by atoms with Gasteiger partial charge in [0.1, 0.15) is 0 Å². The molecule has 0 aromatic rings. The van der Waals surface area contributed by atoms with Crippen LogP contribution in [0.4, 0.5) is 0 Å². The van der Waals surface area contributed by atoms with Gasteiger partial charge in [0.15, 0.2) is 0 Å². The first kappa shape index (κ1) is 22.5. The molecule has 0 saturated heterocycles. The first-order valence-corrected chi connectivity index (χ1v) is 1.74. The summed E-state index contributed by atoms with van der Waals surface area (Å²) in [5.41, 5.74) is 0. The van der Waals surface area contributed by atoms with E-state index in [9.17, 15) is 4.79 Å². The Hall–Kier alpha value is 1.86. The average molecular weight is 325 g/mol. The summed E-state index contributed by atoms with van der Waals surface area (Å²) < 4.78 is -0.106. The van der Waals surface area contributed by atoms with E-state index in [0.29, 0.717) is 0 Å². The maximum absolute atomic E-state index is 9.64. The number of rotatable bonds is 1. The number of allylic oxidation sites excluding steroid dienone is 1. The van der Waals surface area contributed by atoms with Gasteiger partial charge < -0.3 is 0 Å². The van der Waals surface area contributed by atoms with Crippen molar-refractivity contribution in [3.8, 4) is 0 Å². The van der Waals surface area contributed by atoms with Crippen molar-refractivity contribution in [2.45, 2.75) is 0 Å². The molecule has 8 heavy (non-hydrogen) atoms. The van der Waals surface area contributed by atoms with Crippen LogP contribution in [0.1, 0.15) is 0 Å². The SMILES string of the molecule is C=C[C](=O)[Cr].[Cu].[Cu].[Zr]. The minimum atomic E-state index is -0.106. The van der Waals surface area contributed by atoms with Gasteiger partial charge in [0.25, 0.3) is 0 Å². The molecule has 0 aliphatic rings. The molecule has 0 atom stereocenters. The first-order chi connectivity index (χ1) is 2.27. The van der Waals surface area contributed by atoms with E-state index in [0.717, 1.165) is 0 Å². The monoisotopic (exact) mass is 323 g/mol. The number of carbonyl (C=O) groups is 1. The Morgan fingerprint density at radius 3 is 1.62 bits per heavy atom. The van der Waals surface area contributed by atoms with Crippen LogP contribution in [0.25, 0.3) is 0 Å². The van der Waals surface area contributed by atoms with Crippen LogP contribution in [0.3, 0.4) is 0 Å². The second-order valence-corrected chi connectivity index (χ2v) is 1.15. The smallest absolute Gasteiger partial charge is 0 e. The van der Waals surface area contributed by atoms with Crippen LogP contribution < -0.4 is 0 Å². The van der Waals surface area contributed by atoms with Crippen molar-refractivity contribution in [1.29, 1.82) is 0 Å². The van der Waals surface area contributed by atoms with E-state index in [1.54, 1.807) is 0 Å². The van der Waals surface area contributed by atoms with Crippen molar-refractivity contribution >= 4 is 4.65 Å². The zero-order chi connectivity index (χ0) is 4.28. The topological polar surface area (TPSA) is 17.1 Å². The molecule has 0 amide bonds. The van der Waals surface area contributed by atoms with Gasteiger partial charge in [-0.2, -0.15) is 0 Å². The maximum Gasteiger partial charge on any atom is 0 e. The van der Waals surface area contributed by atoms with E-state index in [2.05, 4.69) is 22.9 Å². The van der Waals surface area contributed by atoms with Crippen LogP contribution >= 0.6 is 0 Å². The van der Waals surface area contributed by atoms with E-state index in [-0.39, 0.29) is 65.0 Å². The molecule has 0 aliphatic heterocycles. The van der Waals surface area contributed by atoms with Gasteiger partial charge >= 0.3 is 38.4 Å². The Labute approximate surface area is 97.5 Å². The Morgan fingerprint density at radius 2 is 1.62 bits per heavy atom. The zero-order valence-corrected chi connectivity index (χ0v) is 9.32. The van der Waals surface area contributed by atoms with Crippen LogP contribution in [-0.2, 0) is 81.4 Å². The third-order valence-electron chi connectivity index (χ3n) is 0.167. The summed E-state index contributed by atoms with van der Waals surface area (Å²) in [5.74, 6) is 0. The molecule has 0 N–H and O–H groups in total. The fraction of sp³-hybridized carbons (Fsp3) is 0. The van der Waals surface area contributed by atoms with Crippen molar-refractivity contribution in [2.75, 3.05) is 0 Å². The van der Waals surface area contributed by atoms with Crippen molar-refractivity contribution < 1.29 is 81.4 Å². The molecule has 0 rings (SSSR count). The molecule has 0 heterocycles. The molecular weight excluding hydrogens is 322 g/mol. The molecule has 2 radical (unpaired) electrons. The van der Waals surface area contributed by atoms with Gasteiger partial charge in [0, 0.05) is 60.3 Å². The van der Waals surface area contributed by atoms with Gasteiger partial charge in [-0.3, -0.25) is 0 Å². The van der Waals surface area contributed by atoms with E-state index in [1.807, 2.05) is 0 Å². The van der Waals surface area contributed by atoms with Crippen LogP contribution in [0, 0.1) is 0 Å². The normalized spacial score (nSPS) is 4.00. The van der Waals surface area contributed by atoms with E-state index in [4.69, 9.17) is 0 Å². The summed E-state index contributed by atoms with van der Waals surface area (Å²) in [7, 11) is 0. The van der Waals surface area contributed by atoms with Crippen molar-refractivity contribution in [3.05, 3.63) is 12.7 Å². The number of carbonyl (C=O) groups excluding carboxylic acids is 1. The summed E-state index contributed by atoms with van der Waals surface area (Å²) in [6.45, 7) is 3.18. The van der Waals surface area contributed by atoms with Gasteiger partial charge in [-0.1, -0.05) is 0 Å². The van der Waals surface area contributed by atoms with Crippen LogP contribution in [0.15, 0.2) is 12.7 Å². The van der Waals surface area contributed by atoms with Gasteiger partial charge in [-0.25, -0.2) is 0 Å². The van der Waals surface area contributed by atoms with Gasteiger partial charge in [-0.05, 0) is 0 Å². The first-order valence-electron chi connectivity index (χ1n) is 1.11. The second-order valence-electron chi connectivity index (χ2n) is 0.523. The average Bonchev–Trinajstić information content (AvgIpc) is 1.38. The fourth-order valence-electron chi connectivity index (χ4n) is 0. The predicted molar refractivity (Wildman–Crippen MR) is 15.2 cm³/mol. The van der Waals surface area contributed by atoms with Gasteiger partial charge in [-0.15, -0.1) is 0 Å². The van der Waals surface area contributed by atoms with Crippen molar-refractivity contribution in [3.63, 3.8) is 0 Å². The van der Waals surface area contributed by atoms with Gasteiger partial charge in [0.2, 0.25) is 0 Å². The van der Waals surface area contributed by atoms with Crippen LogP contribution in [-0.4, -0.2) is 4.65 Å². The Morgan fingerprint density at radius 1 is 1.50 bits per heavy atom. The molecule has 0 saturated carbocycles. The van der Waals surface area contributed by atoms with E-state index in [1.165, 1.54) is 6.08 Å². The third-order valence-corrected chi connectivity index (χ3v) is 0.427. The molecule has 1 nitrogen and oxygen atoms in total. The van der Waals surface area contributed by atoms with Crippen LogP contribution in [0.5, 0.6) is 0 Å². The molecule has 0 spiro atoms. The molecule has 0 unspecified atom stereocenters. The zero-order valence-electron chi connectivity index (χ0n) is 3.70. The van der Waals surface area contributed by atoms with Gasteiger partial charge in [0.05, 0.1) is 0 Å². The summed E-state index contributed by atoms with van der Waals surface area (Å²) in [6.07, 6.45) is 1.22. The molecule has 5 heteroatoms. The number of hydrogen-bond donors (Lipinski definition) is 0. The Bertz CT molecular complexity index is 68.3. The molecular formula is C3H3CrCu2OZr. The summed E-state index contributed by atoms with van der Waals surface area (Å²) >= 11 is 2.23. The number of hydrogen-bond acceptors (Lipinski definition) is 1. The summed E-state index contributed by atoms with van der Waals surface area (Å²) in [5, 5.41) is 0. The van der Waals surface area contributed by atoms with Crippen molar-refractivity contribution in [2.24, 2.45) is 0 Å². The molecule has 0 fully saturated rings. The summed E-state index contributed by atoms with van der Waals surface area (Å²) in [4.78, 5) is 9.64. The molecule has 0 aromatic heterocycles. The fourth-order valence-corrected chi connectivity index (χ4v) is 0. The third kappa shape index (κ3) is 24.8. The minimum Gasteiger partial charge on any atom is 0 e. The largest absolute Gasteiger partial charge is 0 e. The van der Waals surface area contributed by atoms with E-state index < -0.39 is 0 Å². The Balaban J connectivity index is -0.0000000267. The Kier molecular flexibility index (Phi) is 44.9. The standard InChI is InChI=1S/C3H3O.Cr.2Cu.Zr/c1-2-3-4;;;;/h2H,1H2;;;;. The molecule has 0 aliphatic carbocycles. The van der Waals surface area contributed by atoms with E-state index >= 15 is 0 Å². The quantitative estimate of drug-likeness (QED) is 0.499. The van der Waals surface area contributed by atoms with Crippen LogP contribution in [0.2, 0.25) is 0 Å². The molecule has 0 bridgehead atoms. The summed E-state index contributed by atoms with van der Waals surface area (Å²) in [6, 6.07) is 0. The predicted octanol–water partition coefficient (Wildman–Crippen LogP) is 0.238. The molecule has 53 valence electrons.